The van der Waals surface area contributed by atoms with Crippen LogP contribution in [0.25, 0.3) is 11.1 Å². The van der Waals surface area contributed by atoms with Crippen LogP contribution >= 0.6 is 0 Å². The first-order valence-corrected chi connectivity index (χ1v) is 9.25. The minimum absolute atomic E-state index is 0.230. The molecule has 0 unspecified atom stereocenters. The van der Waals surface area contributed by atoms with E-state index in [1.807, 2.05) is 54.6 Å². The van der Waals surface area contributed by atoms with E-state index < -0.39 is 0 Å². The van der Waals surface area contributed by atoms with Gasteiger partial charge in [0, 0.05) is 17.6 Å². The van der Waals surface area contributed by atoms with Gasteiger partial charge in [0.05, 0.1) is 6.61 Å². The first kappa shape index (κ1) is 20.4. The molecule has 0 bridgehead atoms. The Bertz CT molecular complexity index is 765. The van der Waals surface area contributed by atoms with Crippen LogP contribution < -0.4 is 4.74 Å². The van der Waals surface area contributed by atoms with E-state index in [1.54, 1.807) is 6.92 Å². The van der Waals surface area contributed by atoms with Crippen molar-refractivity contribution in [3.63, 3.8) is 0 Å². The molecule has 2 aromatic rings. The van der Waals surface area contributed by atoms with Crippen LogP contribution in [0.1, 0.15) is 39.0 Å². The summed E-state index contributed by atoms with van der Waals surface area (Å²) in [4.78, 5) is 23.4. The van der Waals surface area contributed by atoms with Crippen LogP contribution in [0.2, 0.25) is 0 Å². The fourth-order valence-corrected chi connectivity index (χ4v) is 2.60. The number of benzene rings is 2. The Labute approximate surface area is 160 Å². The molecule has 27 heavy (non-hydrogen) atoms. The monoisotopic (exact) mass is 366 g/mol. The van der Waals surface area contributed by atoms with Crippen molar-refractivity contribution >= 4 is 11.9 Å². The Morgan fingerprint density at radius 3 is 2.30 bits per heavy atom. The van der Waals surface area contributed by atoms with E-state index >= 15 is 0 Å². The SMILES string of the molecule is C=C(C)C(=O)OCCCCCCC(=O)Oc1ccccc1-c1ccccc1. The molecule has 0 heterocycles. The number of ether oxygens (including phenoxy) is 2. The number of unbranched alkanes of at least 4 members (excludes halogenated alkanes) is 3. The van der Waals surface area contributed by atoms with Crippen LogP contribution in [0.4, 0.5) is 0 Å². The van der Waals surface area contributed by atoms with E-state index in [-0.39, 0.29) is 11.9 Å². The quantitative estimate of drug-likeness (QED) is 0.247. The van der Waals surface area contributed by atoms with Crippen molar-refractivity contribution < 1.29 is 19.1 Å². The molecule has 0 atom stereocenters. The van der Waals surface area contributed by atoms with Crippen molar-refractivity contribution in [3.05, 3.63) is 66.7 Å². The average Bonchev–Trinajstić information content (AvgIpc) is 2.68. The molecule has 2 aromatic carbocycles. The van der Waals surface area contributed by atoms with Crippen LogP contribution in [-0.4, -0.2) is 18.5 Å². The normalized spacial score (nSPS) is 10.3. The Morgan fingerprint density at radius 1 is 0.889 bits per heavy atom. The minimum atomic E-state index is -0.351. The van der Waals surface area contributed by atoms with Crippen LogP contribution in [0.5, 0.6) is 5.75 Å². The van der Waals surface area contributed by atoms with E-state index in [0.29, 0.717) is 24.4 Å². The summed E-state index contributed by atoms with van der Waals surface area (Å²) in [5.41, 5.74) is 2.34. The molecule has 0 spiro atoms. The summed E-state index contributed by atoms with van der Waals surface area (Å²) in [6.07, 6.45) is 3.69. The van der Waals surface area contributed by atoms with Gasteiger partial charge in [-0.05, 0) is 31.4 Å². The molecule has 4 heteroatoms. The van der Waals surface area contributed by atoms with Crippen LogP contribution in [0.3, 0.4) is 0 Å². The standard InChI is InChI=1S/C23H26O4/c1-18(2)23(25)26-17-11-4-3-8-16-22(24)27-21-15-10-9-14-20(21)19-12-6-5-7-13-19/h5-7,9-10,12-15H,1,3-4,8,11,16-17H2,2H3. The molecular weight excluding hydrogens is 340 g/mol. The van der Waals surface area contributed by atoms with Gasteiger partial charge >= 0.3 is 11.9 Å². The summed E-state index contributed by atoms with van der Waals surface area (Å²) in [6.45, 7) is 5.56. The zero-order chi connectivity index (χ0) is 19.5. The van der Waals surface area contributed by atoms with Gasteiger partial charge in [0.1, 0.15) is 5.75 Å². The van der Waals surface area contributed by atoms with Gasteiger partial charge in [0.2, 0.25) is 0 Å². The highest BCUT2D eigenvalue weighted by Gasteiger charge is 2.10. The van der Waals surface area contributed by atoms with E-state index in [0.717, 1.165) is 36.8 Å². The largest absolute Gasteiger partial charge is 0.462 e. The molecule has 0 aliphatic rings. The highest BCUT2D eigenvalue weighted by Crippen LogP contribution is 2.29. The van der Waals surface area contributed by atoms with Crippen LogP contribution in [-0.2, 0) is 14.3 Å². The number of carbonyl (C=O) groups excluding carboxylic acids is 2. The lowest BCUT2D eigenvalue weighted by atomic mass is 10.0. The molecule has 4 nitrogen and oxygen atoms in total. The third kappa shape index (κ3) is 7.10. The zero-order valence-corrected chi connectivity index (χ0v) is 15.8. The maximum atomic E-state index is 12.1. The van der Waals surface area contributed by atoms with Crippen molar-refractivity contribution in [2.75, 3.05) is 6.61 Å². The van der Waals surface area contributed by atoms with E-state index in [4.69, 9.17) is 9.47 Å². The lowest BCUT2D eigenvalue weighted by Gasteiger charge is -2.10. The number of carbonyl (C=O) groups is 2. The van der Waals surface area contributed by atoms with Gasteiger partial charge in [-0.25, -0.2) is 4.79 Å². The topological polar surface area (TPSA) is 52.6 Å². The van der Waals surface area contributed by atoms with Gasteiger partial charge < -0.3 is 9.47 Å². The molecule has 0 aromatic heterocycles. The summed E-state index contributed by atoms with van der Waals surface area (Å²) < 4.78 is 10.6. The lowest BCUT2D eigenvalue weighted by molar-refractivity contribution is -0.139. The second kappa shape index (κ2) is 11.0. The summed E-state index contributed by atoms with van der Waals surface area (Å²) in [5, 5.41) is 0. The second-order valence-corrected chi connectivity index (χ2v) is 6.42. The van der Waals surface area contributed by atoms with Gasteiger partial charge in [-0.1, -0.05) is 68.0 Å². The molecule has 0 radical (unpaired) electrons. The Balaban J connectivity index is 1.71. The first-order valence-electron chi connectivity index (χ1n) is 9.25. The number of para-hydroxylation sites is 1. The van der Waals surface area contributed by atoms with Gasteiger partial charge in [-0.3, -0.25) is 4.79 Å². The smallest absolute Gasteiger partial charge is 0.333 e. The van der Waals surface area contributed by atoms with Gasteiger partial charge in [-0.2, -0.15) is 0 Å². The minimum Gasteiger partial charge on any atom is -0.462 e. The lowest BCUT2D eigenvalue weighted by Crippen LogP contribution is -2.08. The van der Waals surface area contributed by atoms with Crippen molar-refractivity contribution in [2.24, 2.45) is 0 Å². The predicted octanol–water partition coefficient (Wildman–Crippen LogP) is 5.33. The van der Waals surface area contributed by atoms with Crippen molar-refractivity contribution in [3.8, 4) is 16.9 Å². The Kier molecular flexibility index (Phi) is 8.30. The number of hydrogen-bond acceptors (Lipinski definition) is 4. The molecule has 0 N–H and O–H groups in total. The van der Waals surface area contributed by atoms with Gasteiger partial charge in [0.15, 0.2) is 0 Å². The number of rotatable bonds is 10. The maximum Gasteiger partial charge on any atom is 0.333 e. The molecule has 0 saturated carbocycles. The third-order valence-electron chi connectivity index (χ3n) is 4.05. The molecule has 0 fully saturated rings. The molecule has 0 aliphatic carbocycles. The third-order valence-corrected chi connectivity index (χ3v) is 4.05. The molecule has 2 rings (SSSR count). The zero-order valence-electron chi connectivity index (χ0n) is 15.8. The molecule has 0 saturated heterocycles. The van der Waals surface area contributed by atoms with E-state index in [1.165, 1.54) is 0 Å². The molecule has 142 valence electrons. The highest BCUT2D eigenvalue weighted by atomic mass is 16.5. The molecule has 0 amide bonds. The van der Waals surface area contributed by atoms with Crippen molar-refractivity contribution in [1.82, 2.24) is 0 Å². The predicted molar refractivity (Wildman–Crippen MR) is 106 cm³/mol. The summed E-state index contributed by atoms with van der Waals surface area (Å²) in [7, 11) is 0. The Morgan fingerprint density at radius 2 is 1.56 bits per heavy atom. The summed E-state index contributed by atoms with van der Waals surface area (Å²) in [6, 6.07) is 17.4. The molecular formula is C23H26O4. The Hall–Kier alpha value is -2.88. The van der Waals surface area contributed by atoms with E-state index in [2.05, 4.69) is 6.58 Å². The molecule has 0 aliphatic heterocycles. The fraction of sp³-hybridized carbons (Fsp3) is 0.304. The van der Waals surface area contributed by atoms with Gasteiger partial charge in [-0.15, -0.1) is 0 Å². The maximum absolute atomic E-state index is 12.1. The van der Waals surface area contributed by atoms with Crippen LogP contribution in [0, 0.1) is 0 Å². The number of hydrogen-bond donors (Lipinski definition) is 0. The highest BCUT2D eigenvalue weighted by molar-refractivity contribution is 5.86. The van der Waals surface area contributed by atoms with Gasteiger partial charge in [0.25, 0.3) is 0 Å². The van der Waals surface area contributed by atoms with Crippen molar-refractivity contribution in [2.45, 2.75) is 39.0 Å². The van der Waals surface area contributed by atoms with Crippen LogP contribution in [0.15, 0.2) is 66.7 Å². The average molecular weight is 366 g/mol. The summed E-state index contributed by atoms with van der Waals surface area (Å²) >= 11 is 0. The summed E-state index contributed by atoms with van der Waals surface area (Å²) in [5.74, 6) is 0.00292. The number of esters is 2. The first-order chi connectivity index (χ1) is 13.1. The van der Waals surface area contributed by atoms with Crippen molar-refractivity contribution in [1.29, 1.82) is 0 Å². The second-order valence-electron chi connectivity index (χ2n) is 6.42. The fourth-order valence-electron chi connectivity index (χ4n) is 2.60. The van der Waals surface area contributed by atoms with E-state index in [9.17, 15) is 9.59 Å².